The third kappa shape index (κ3) is 1.78. The van der Waals surface area contributed by atoms with E-state index >= 15 is 0 Å². The number of rotatable bonds is 2. The highest BCUT2D eigenvalue weighted by atomic mass is 16.1. The summed E-state index contributed by atoms with van der Waals surface area (Å²) < 4.78 is 0. The van der Waals surface area contributed by atoms with Gasteiger partial charge >= 0.3 is 0 Å². The summed E-state index contributed by atoms with van der Waals surface area (Å²) in [5.74, 6) is -1.19. The van der Waals surface area contributed by atoms with Crippen LogP contribution < -0.4 is 9.82 Å². The molecule has 8 heteroatoms. The molecule has 0 aromatic carbocycles. The first-order chi connectivity index (χ1) is 6.69. The van der Waals surface area contributed by atoms with Crippen molar-refractivity contribution in [3.05, 3.63) is 23.5 Å². The molecular weight excluding hydrogens is 188 g/mol. The largest absolute Gasteiger partial charge is 0.287 e. The van der Waals surface area contributed by atoms with Crippen molar-refractivity contribution in [1.29, 1.82) is 11.1 Å². The van der Waals surface area contributed by atoms with Crippen LogP contribution in [-0.2, 0) is 9.59 Å². The summed E-state index contributed by atoms with van der Waals surface area (Å²) >= 11 is 0. The van der Waals surface area contributed by atoms with E-state index in [1.165, 1.54) is 0 Å². The van der Waals surface area contributed by atoms with Gasteiger partial charge in [-0.2, -0.15) is 0 Å². The molecule has 0 spiro atoms. The standard InChI is InChI=1S/C6H4N6O2/c7-11-9-3-1-5(13)4(10-12-8)2-6(3)14/h1-2,7-8H/q+2. The second kappa shape index (κ2) is 3.90. The van der Waals surface area contributed by atoms with Crippen LogP contribution in [-0.4, -0.2) is 11.6 Å². The van der Waals surface area contributed by atoms with Crippen molar-refractivity contribution >= 4 is 11.6 Å². The first-order valence-corrected chi connectivity index (χ1v) is 3.36. The van der Waals surface area contributed by atoms with E-state index in [0.29, 0.717) is 0 Å². The highest BCUT2D eigenvalue weighted by molar-refractivity contribution is 6.19. The Morgan fingerprint density at radius 2 is 1.29 bits per heavy atom. The number of allylic oxidation sites excluding steroid dienone is 2. The molecule has 2 N–H and O–H groups in total. The number of hydrogen-bond donors (Lipinski definition) is 2. The number of carbonyl (C=O) groups excluding carboxylic acids is 2. The normalized spacial score (nSPS) is 14.9. The summed E-state index contributed by atoms with van der Waals surface area (Å²) in [6.45, 7) is 0. The Balaban J connectivity index is 3.13. The summed E-state index contributed by atoms with van der Waals surface area (Å²) in [6, 6.07) is 0. The van der Waals surface area contributed by atoms with Gasteiger partial charge in [0.15, 0.2) is 10.2 Å². The molecule has 0 aromatic rings. The van der Waals surface area contributed by atoms with Crippen LogP contribution >= 0.6 is 0 Å². The van der Waals surface area contributed by atoms with Gasteiger partial charge in [-0.15, -0.1) is 0 Å². The zero-order chi connectivity index (χ0) is 10.6. The summed E-state index contributed by atoms with van der Waals surface area (Å²) in [6.07, 6.45) is 1.79. The molecule has 68 valence electrons. The lowest BCUT2D eigenvalue weighted by Crippen LogP contribution is -2.11. The average Bonchev–Trinajstić information content (AvgIpc) is 2.14. The van der Waals surface area contributed by atoms with Crippen LogP contribution in [0.25, 0.3) is 0 Å². The highest BCUT2D eigenvalue weighted by Gasteiger charge is 2.25. The molecule has 0 atom stereocenters. The lowest BCUT2D eigenvalue weighted by atomic mass is 10.1. The van der Waals surface area contributed by atoms with Crippen LogP contribution in [0.1, 0.15) is 0 Å². The lowest BCUT2D eigenvalue weighted by molar-refractivity contribution is -0.115. The number of hydrogen-bond acceptors (Lipinski definition) is 6. The fraction of sp³-hybridized carbons (Fsp3) is 0. The molecule has 1 aliphatic rings. The van der Waals surface area contributed by atoms with Gasteiger partial charge in [-0.3, -0.25) is 9.59 Å². The lowest BCUT2D eigenvalue weighted by Gasteiger charge is -1.95. The topological polar surface area (TPSA) is 135 Å². The minimum absolute atomic E-state index is 0.228. The van der Waals surface area contributed by atoms with E-state index in [9.17, 15) is 9.59 Å². The highest BCUT2D eigenvalue weighted by Crippen LogP contribution is 2.12. The van der Waals surface area contributed by atoms with Crippen molar-refractivity contribution in [2.24, 2.45) is 10.2 Å². The van der Waals surface area contributed by atoms with Crippen LogP contribution in [0.2, 0.25) is 0 Å². The van der Waals surface area contributed by atoms with Crippen LogP contribution in [0, 0.1) is 11.1 Å². The monoisotopic (exact) mass is 192 g/mol. The first kappa shape index (κ1) is 9.53. The van der Waals surface area contributed by atoms with Crippen molar-refractivity contribution in [2.45, 2.75) is 0 Å². The Morgan fingerprint density at radius 1 is 0.929 bits per heavy atom. The molecule has 0 radical (unpaired) electrons. The first-order valence-electron chi connectivity index (χ1n) is 3.36. The minimum atomic E-state index is -0.594. The van der Waals surface area contributed by atoms with E-state index in [0.717, 1.165) is 12.2 Å². The Kier molecular flexibility index (Phi) is 2.66. The number of ketones is 2. The summed E-state index contributed by atoms with van der Waals surface area (Å²) in [4.78, 5) is 27.5. The van der Waals surface area contributed by atoms with Gasteiger partial charge in [0, 0.05) is 12.2 Å². The third-order valence-corrected chi connectivity index (χ3v) is 1.36. The zero-order valence-corrected chi connectivity index (χ0v) is 6.76. The maximum atomic E-state index is 11.1. The Morgan fingerprint density at radius 3 is 1.57 bits per heavy atom. The van der Waals surface area contributed by atoms with Gasteiger partial charge in [-0.25, -0.2) is 0 Å². The Hall–Kier alpha value is -2.56. The van der Waals surface area contributed by atoms with Crippen molar-refractivity contribution in [2.75, 3.05) is 0 Å². The number of carbonyl (C=O) groups is 2. The molecule has 0 saturated heterocycles. The quantitative estimate of drug-likeness (QED) is 0.362. The maximum absolute atomic E-state index is 11.1. The number of nitrogens with one attached hydrogen (secondary N) is 2. The van der Waals surface area contributed by atoms with Crippen molar-refractivity contribution < 1.29 is 9.59 Å². The summed E-state index contributed by atoms with van der Waals surface area (Å²) in [5, 5.41) is 6.26. The third-order valence-electron chi connectivity index (χ3n) is 1.36. The molecule has 0 unspecified atom stereocenters. The molecule has 1 rings (SSSR count). The van der Waals surface area contributed by atoms with E-state index in [1.54, 1.807) is 0 Å². The molecule has 0 bridgehead atoms. The van der Waals surface area contributed by atoms with E-state index < -0.39 is 11.6 Å². The van der Waals surface area contributed by atoms with Gasteiger partial charge in [-0.05, 0) is 0 Å². The molecule has 0 fully saturated rings. The SMILES string of the molecule is N=[N+]=NC1=CC(=O)C(N=[N+]=N)=CC1=O. The van der Waals surface area contributed by atoms with E-state index in [4.69, 9.17) is 11.1 Å². The van der Waals surface area contributed by atoms with Crippen LogP contribution in [0.15, 0.2) is 33.8 Å². The van der Waals surface area contributed by atoms with Gasteiger partial charge in [0.05, 0.1) is 0 Å². The fourth-order valence-electron chi connectivity index (χ4n) is 0.803. The van der Waals surface area contributed by atoms with Gasteiger partial charge in [0.25, 0.3) is 0 Å². The molecule has 0 amide bonds. The summed E-state index contributed by atoms with van der Waals surface area (Å²) in [7, 11) is 0. The minimum Gasteiger partial charge on any atom is -0.287 e. The van der Waals surface area contributed by atoms with Crippen molar-refractivity contribution in [3.63, 3.8) is 0 Å². The fourth-order valence-corrected chi connectivity index (χ4v) is 0.803. The maximum Gasteiger partial charge on any atom is 0.220 e. The smallest absolute Gasteiger partial charge is 0.220 e. The summed E-state index contributed by atoms with van der Waals surface area (Å²) in [5.41, 5.74) is 12.3. The van der Waals surface area contributed by atoms with Crippen LogP contribution in [0.5, 0.6) is 0 Å². The predicted octanol–water partition coefficient (Wildman–Crippen LogP) is 0.00674. The van der Waals surface area contributed by atoms with Gasteiger partial charge in [0.1, 0.15) is 11.1 Å². The Labute approximate surface area is 76.8 Å². The molecule has 14 heavy (non-hydrogen) atoms. The average molecular weight is 192 g/mol. The molecule has 0 aromatic heterocycles. The van der Waals surface area contributed by atoms with Crippen LogP contribution in [0.4, 0.5) is 0 Å². The molecule has 0 saturated carbocycles. The van der Waals surface area contributed by atoms with E-state index in [1.807, 2.05) is 0 Å². The van der Waals surface area contributed by atoms with Crippen LogP contribution in [0.3, 0.4) is 0 Å². The predicted molar refractivity (Wildman–Crippen MR) is 40.7 cm³/mol. The molecule has 0 heterocycles. The molecule has 8 nitrogen and oxygen atoms in total. The van der Waals surface area contributed by atoms with Gasteiger partial charge in [0.2, 0.25) is 32.8 Å². The Bertz CT molecular complexity index is 417. The van der Waals surface area contributed by atoms with Crippen molar-refractivity contribution in [1.82, 2.24) is 9.82 Å². The zero-order valence-electron chi connectivity index (χ0n) is 6.76. The van der Waals surface area contributed by atoms with E-state index in [-0.39, 0.29) is 11.4 Å². The van der Waals surface area contributed by atoms with Gasteiger partial charge in [-0.1, -0.05) is 0 Å². The molecule has 0 aliphatic heterocycles. The second-order valence-electron chi connectivity index (χ2n) is 2.19. The molecule has 1 aliphatic carbocycles. The van der Waals surface area contributed by atoms with Crippen molar-refractivity contribution in [3.8, 4) is 0 Å². The number of nitrogens with zero attached hydrogens (tertiary/aromatic N) is 4. The van der Waals surface area contributed by atoms with Gasteiger partial charge < -0.3 is 0 Å². The second-order valence-corrected chi connectivity index (χ2v) is 2.19. The van der Waals surface area contributed by atoms with E-state index in [2.05, 4.69) is 20.1 Å². The molecular formula is C6H4N6O2+2.